The molecule has 0 aliphatic rings. The molecule has 3 rings (SSSR count). The zero-order valence-corrected chi connectivity index (χ0v) is 11.9. The zero-order chi connectivity index (χ0) is 15.5. The average molecular weight is 301 g/mol. The Hall–Kier alpha value is -2.96. The Labute approximate surface area is 126 Å². The molecule has 0 saturated heterocycles. The molecular weight excluding hydrogens is 286 g/mol. The standard InChI is InChI=1S/C15H15N3O4/c1-21-13-4-2-3-10-5-12(22-15(10)13)7-16-11-6-17-18(8-11)9-14(19)20/h2-6,8,16H,7,9H2,1H3,(H,19,20). The van der Waals surface area contributed by atoms with E-state index in [0.717, 1.165) is 16.8 Å². The van der Waals surface area contributed by atoms with Gasteiger partial charge in [0.25, 0.3) is 0 Å². The molecule has 0 fully saturated rings. The second-order valence-electron chi connectivity index (χ2n) is 4.77. The van der Waals surface area contributed by atoms with Crippen LogP contribution in [0.4, 0.5) is 5.69 Å². The van der Waals surface area contributed by atoms with Crippen molar-refractivity contribution in [3.05, 3.63) is 42.4 Å². The molecule has 7 nitrogen and oxygen atoms in total. The summed E-state index contributed by atoms with van der Waals surface area (Å²) in [7, 11) is 1.60. The van der Waals surface area contributed by atoms with E-state index in [-0.39, 0.29) is 6.54 Å². The number of nitrogens with one attached hydrogen (secondary N) is 1. The lowest BCUT2D eigenvalue weighted by Crippen LogP contribution is -2.08. The minimum atomic E-state index is -0.931. The number of aromatic nitrogens is 2. The number of rotatable bonds is 6. The third kappa shape index (κ3) is 2.88. The SMILES string of the molecule is COc1cccc2cc(CNc3cnn(CC(=O)O)c3)oc12. The smallest absolute Gasteiger partial charge is 0.325 e. The minimum absolute atomic E-state index is 0.163. The van der Waals surface area contributed by atoms with E-state index in [1.54, 1.807) is 19.5 Å². The van der Waals surface area contributed by atoms with Crippen molar-refractivity contribution >= 4 is 22.6 Å². The van der Waals surface area contributed by atoms with Crippen LogP contribution < -0.4 is 10.1 Å². The van der Waals surface area contributed by atoms with Crippen LogP contribution in [0.3, 0.4) is 0 Å². The zero-order valence-electron chi connectivity index (χ0n) is 11.9. The van der Waals surface area contributed by atoms with Crippen molar-refractivity contribution in [1.82, 2.24) is 9.78 Å². The molecule has 22 heavy (non-hydrogen) atoms. The van der Waals surface area contributed by atoms with Crippen LogP contribution in [0.1, 0.15) is 5.76 Å². The highest BCUT2D eigenvalue weighted by atomic mass is 16.5. The van der Waals surface area contributed by atoms with Crippen molar-refractivity contribution in [2.45, 2.75) is 13.1 Å². The van der Waals surface area contributed by atoms with Crippen molar-refractivity contribution in [2.75, 3.05) is 12.4 Å². The topological polar surface area (TPSA) is 89.5 Å². The predicted molar refractivity (Wildman–Crippen MR) is 80.0 cm³/mol. The summed E-state index contributed by atoms with van der Waals surface area (Å²) in [6, 6.07) is 7.64. The number of furan rings is 1. The van der Waals surface area contributed by atoms with Crippen LogP contribution in [-0.4, -0.2) is 28.0 Å². The number of hydrogen-bond acceptors (Lipinski definition) is 5. The van der Waals surface area contributed by atoms with E-state index in [2.05, 4.69) is 10.4 Å². The largest absolute Gasteiger partial charge is 0.493 e. The van der Waals surface area contributed by atoms with Gasteiger partial charge in [0.15, 0.2) is 11.3 Å². The Balaban J connectivity index is 1.71. The van der Waals surface area contributed by atoms with Gasteiger partial charge in [0, 0.05) is 11.6 Å². The van der Waals surface area contributed by atoms with Crippen LogP contribution in [0.15, 0.2) is 41.1 Å². The van der Waals surface area contributed by atoms with Crippen LogP contribution in [0, 0.1) is 0 Å². The van der Waals surface area contributed by atoms with Crippen LogP contribution in [0.2, 0.25) is 0 Å². The van der Waals surface area contributed by atoms with Gasteiger partial charge in [0.1, 0.15) is 12.3 Å². The van der Waals surface area contributed by atoms with Crippen molar-refractivity contribution < 1.29 is 19.1 Å². The van der Waals surface area contributed by atoms with E-state index >= 15 is 0 Å². The van der Waals surface area contributed by atoms with Gasteiger partial charge in [-0.05, 0) is 12.1 Å². The molecule has 7 heteroatoms. The molecule has 0 saturated carbocycles. The Morgan fingerprint density at radius 3 is 3.14 bits per heavy atom. The maximum Gasteiger partial charge on any atom is 0.325 e. The molecule has 0 atom stereocenters. The number of anilines is 1. The summed E-state index contributed by atoms with van der Waals surface area (Å²) in [5.74, 6) is 0.516. The summed E-state index contributed by atoms with van der Waals surface area (Å²) in [5, 5.41) is 16.8. The number of fused-ring (bicyclic) bond motifs is 1. The molecule has 1 aromatic carbocycles. The summed E-state index contributed by atoms with van der Waals surface area (Å²) >= 11 is 0. The molecule has 0 aliphatic heterocycles. The van der Waals surface area contributed by atoms with Crippen molar-refractivity contribution in [3.63, 3.8) is 0 Å². The van der Waals surface area contributed by atoms with Gasteiger partial charge in [-0.2, -0.15) is 5.10 Å². The first-order valence-electron chi connectivity index (χ1n) is 6.69. The highest BCUT2D eigenvalue weighted by molar-refractivity contribution is 5.83. The fraction of sp³-hybridized carbons (Fsp3) is 0.200. The Morgan fingerprint density at radius 1 is 1.50 bits per heavy atom. The quantitative estimate of drug-likeness (QED) is 0.726. The van der Waals surface area contributed by atoms with E-state index in [9.17, 15) is 4.79 Å². The molecule has 0 spiro atoms. The average Bonchev–Trinajstić information content (AvgIpc) is 3.10. The number of hydrogen-bond donors (Lipinski definition) is 2. The summed E-state index contributed by atoms with van der Waals surface area (Å²) in [6.45, 7) is 0.306. The van der Waals surface area contributed by atoms with Gasteiger partial charge in [-0.3, -0.25) is 9.48 Å². The van der Waals surface area contributed by atoms with Crippen molar-refractivity contribution in [3.8, 4) is 5.75 Å². The molecule has 0 amide bonds. The van der Waals surface area contributed by atoms with Gasteiger partial charge in [-0.1, -0.05) is 12.1 Å². The first-order chi connectivity index (χ1) is 10.7. The number of nitrogens with zero attached hydrogens (tertiary/aromatic N) is 2. The predicted octanol–water partition coefficient (Wildman–Crippen LogP) is 2.33. The number of ether oxygens (including phenoxy) is 1. The van der Waals surface area contributed by atoms with E-state index in [4.69, 9.17) is 14.3 Å². The summed E-state index contributed by atoms with van der Waals surface area (Å²) in [5.41, 5.74) is 1.44. The third-order valence-corrected chi connectivity index (χ3v) is 3.18. The highest BCUT2D eigenvalue weighted by Crippen LogP contribution is 2.28. The number of carbonyl (C=O) groups is 1. The summed E-state index contributed by atoms with van der Waals surface area (Å²) < 4.78 is 12.4. The monoisotopic (exact) mass is 301 g/mol. The van der Waals surface area contributed by atoms with E-state index in [1.807, 2.05) is 24.3 Å². The Bertz CT molecular complexity index is 806. The molecule has 0 unspecified atom stereocenters. The molecule has 0 radical (unpaired) electrons. The fourth-order valence-corrected chi connectivity index (χ4v) is 2.21. The number of carboxylic acid groups (broad SMARTS) is 1. The van der Waals surface area contributed by atoms with E-state index < -0.39 is 5.97 Å². The lowest BCUT2D eigenvalue weighted by Gasteiger charge is -2.00. The summed E-state index contributed by atoms with van der Waals surface area (Å²) in [4.78, 5) is 10.6. The molecule has 0 aliphatic carbocycles. The van der Waals surface area contributed by atoms with E-state index in [1.165, 1.54) is 4.68 Å². The van der Waals surface area contributed by atoms with E-state index in [0.29, 0.717) is 17.9 Å². The first kappa shape index (κ1) is 14.0. The summed E-state index contributed by atoms with van der Waals surface area (Å²) in [6.07, 6.45) is 3.21. The molecule has 2 heterocycles. The highest BCUT2D eigenvalue weighted by Gasteiger charge is 2.09. The molecule has 2 N–H and O–H groups in total. The lowest BCUT2D eigenvalue weighted by atomic mass is 10.2. The second-order valence-corrected chi connectivity index (χ2v) is 4.77. The number of methoxy groups -OCH3 is 1. The van der Waals surface area contributed by atoms with Gasteiger partial charge in [0.2, 0.25) is 0 Å². The number of para-hydroxylation sites is 1. The van der Waals surface area contributed by atoms with Crippen LogP contribution >= 0.6 is 0 Å². The fourth-order valence-electron chi connectivity index (χ4n) is 2.21. The van der Waals surface area contributed by atoms with Gasteiger partial charge in [-0.15, -0.1) is 0 Å². The van der Waals surface area contributed by atoms with Gasteiger partial charge >= 0.3 is 5.97 Å². The van der Waals surface area contributed by atoms with Crippen LogP contribution in [0.5, 0.6) is 5.75 Å². The second kappa shape index (κ2) is 5.80. The lowest BCUT2D eigenvalue weighted by molar-refractivity contribution is -0.137. The maximum atomic E-state index is 10.6. The molecule has 114 valence electrons. The van der Waals surface area contributed by atoms with Crippen molar-refractivity contribution in [2.24, 2.45) is 0 Å². The van der Waals surface area contributed by atoms with Crippen LogP contribution in [0.25, 0.3) is 11.0 Å². The number of aliphatic carboxylic acids is 1. The molecular formula is C15H15N3O4. The molecule has 3 aromatic rings. The van der Waals surface area contributed by atoms with Crippen molar-refractivity contribution in [1.29, 1.82) is 0 Å². The Morgan fingerprint density at radius 2 is 2.36 bits per heavy atom. The third-order valence-electron chi connectivity index (χ3n) is 3.18. The van der Waals surface area contributed by atoms with Gasteiger partial charge in [0.05, 0.1) is 25.5 Å². The normalized spacial score (nSPS) is 10.8. The number of carboxylic acids is 1. The molecule has 0 bridgehead atoms. The molecule has 2 aromatic heterocycles. The number of benzene rings is 1. The maximum absolute atomic E-state index is 10.6. The first-order valence-corrected chi connectivity index (χ1v) is 6.69. The Kier molecular flexibility index (Phi) is 3.69. The van der Waals surface area contributed by atoms with Gasteiger partial charge < -0.3 is 19.6 Å². The van der Waals surface area contributed by atoms with Crippen LogP contribution in [-0.2, 0) is 17.9 Å². The minimum Gasteiger partial charge on any atom is -0.493 e. The van der Waals surface area contributed by atoms with Gasteiger partial charge in [-0.25, -0.2) is 0 Å².